The molecule has 0 aliphatic carbocycles. The Labute approximate surface area is 123 Å². The van der Waals surface area contributed by atoms with E-state index in [9.17, 15) is 10.1 Å². The lowest BCUT2D eigenvalue weighted by Gasteiger charge is -2.20. The van der Waals surface area contributed by atoms with Gasteiger partial charge < -0.3 is 5.32 Å². The van der Waals surface area contributed by atoms with Crippen LogP contribution in [0.4, 0.5) is 5.69 Å². The monoisotopic (exact) mass is 288 g/mol. The van der Waals surface area contributed by atoms with Crippen LogP contribution in [0.2, 0.25) is 0 Å². The molecule has 112 valence electrons. The lowest BCUT2D eigenvalue weighted by atomic mass is 10.0. The Bertz CT molecular complexity index is 656. The van der Waals surface area contributed by atoms with Crippen LogP contribution in [0.1, 0.15) is 31.9 Å². The van der Waals surface area contributed by atoms with Gasteiger partial charge in [-0.15, -0.1) is 0 Å². The minimum atomic E-state index is -0.383. The molecule has 0 aliphatic heterocycles. The Morgan fingerprint density at radius 2 is 2.10 bits per heavy atom. The molecule has 0 saturated carbocycles. The average Bonchev–Trinajstić information content (AvgIpc) is 2.84. The van der Waals surface area contributed by atoms with Gasteiger partial charge >= 0.3 is 0 Å². The Kier molecular flexibility index (Phi) is 4.09. The third kappa shape index (κ3) is 3.66. The van der Waals surface area contributed by atoms with E-state index in [-0.39, 0.29) is 16.1 Å². The molecule has 0 atom stereocenters. The average molecular weight is 288 g/mol. The first-order chi connectivity index (χ1) is 9.78. The number of rotatable bonds is 4. The number of nitrogens with zero attached hydrogens (tertiary/aromatic N) is 2. The highest BCUT2D eigenvalue weighted by molar-refractivity contribution is 5.69. The second-order valence-electron chi connectivity index (χ2n) is 6.13. The summed E-state index contributed by atoms with van der Waals surface area (Å²) in [6.07, 6.45) is 1.76. The van der Waals surface area contributed by atoms with Gasteiger partial charge in [0.2, 0.25) is 0 Å². The quantitative estimate of drug-likeness (QED) is 0.668. The third-order valence-electron chi connectivity index (χ3n) is 3.23. The molecule has 2 aromatic rings. The van der Waals surface area contributed by atoms with Gasteiger partial charge in [0.05, 0.1) is 16.8 Å². The zero-order valence-electron chi connectivity index (χ0n) is 12.7. The number of aryl methyl sites for hydroxylation is 1. The van der Waals surface area contributed by atoms with Crippen molar-refractivity contribution in [3.8, 4) is 11.3 Å². The van der Waals surface area contributed by atoms with Crippen LogP contribution in [0.15, 0.2) is 24.4 Å². The maximum absolute atomic E-state index is 10.9. The van der Waals surface area contributed by atoms with Gasteiger partial charge in [0.15, 0.2) is 0 Å². The van der Waals surface area contributed by atoms with Gasteiger partial charge in [-0.2, -0.15) is 5.10 Å². The van der Waals surface area contributed by atoms with Crippen LogP contribution in [0.25, 0.3) is 11.3 Å². The molecule has 2 N–H and O–H groups in total. The minimum absolute atomic E-state index is 0.00767. The number of H-pyrrole nitrogens is 1. The van der Waals surface area contributed by atoms with Crippen LogP contribution in [-0.2, 0) is 6.54 Å². The number of nitro benzene ring substituents is 1. The SMILES string of the molecule is Cc1ccc([N+](=O)[O-])cc1-c1[nH]ncc1CNC(C)(C)C. The molecule has 0 spiro atoms. The summed E-state index contributed by atoms with van der Waals surface area (Å²) in [6, 6.07) is 4.86. The van der Waals surface area contributed by atoms with Crippen LogP contribution in [-0.4, -0.2) is 20.7 Å². The molecule has 1 aromatic heterocycles. The van der Waals surface area contributed by atoms with Crippen LogP contribution in [0.3, 0.4) is 0 Å². The Balaban J connectivity index is 2.37. The molecule has 2 rings (SSSR count). The number of nitrogens with one attached hydrogen (secondary N) is 2. The molecule has 1 aromatic carbocycles. The first-order valence-electron chi connectivity index (χ1n) is 6.80. The summed E-state index contributed by atoms with van der Waals surface area (Å²) < 4.78 is 0. The van der Waals surface area contributed by atoms with E-state index in [0.717, 1.165) is 22.4 Å². The predicted molar refractivity (Wildman–Crippen MR) is 82.0 cm³/mol. The lowest BCUT2D eigenvalue weighted by molar-refractivity contribution is -0.384. The van der Waals surface area contributed by atoms with Crippen LogP contribution in [0, 0.1) is 17.0 Å². The summed E-state index contributed by atoms with van der Waals surface area (Å²) in [4.78, 5) is 10.6. The standard InChI is InChI=1S/C15H20N4O2/c1-10-5-6-12(19(20)21)7-13(10)14-11(9-17-18-14)8-16-15(2,3)4/h5-7,9,16H,8H2,1-4H3,(H,17,18). The second kappa shape index (κ2) is 5.65. The minimum Gasteiger partial charge on any atom is -0.308 e. The zero-order valence-corrected chi connectivity index (χ0v) is 12.7. The zero-order chi connectivity index (χ0) is 15.6. The van der Waals surface area contributed by atoms with Gasteiger partial charge in [0.25, 0.3) is 5.69 Å². The van der Waals surface area contributed by atoms with Crippen LogP contribution < -0.4 is 5.32 Å². The number of hydrogen-bond acceptors (Lipinski definition) is 4. The van der Waals surface area contributed by atoms with Crippen molar-refractivity contribution in [1.82, 2.24) is 15.5 Å². The van der Waals surface area contributed by atoms with E-state index in [1.807, 2.05) is 6.92 Å². The highest BCUT2D eigenvalue weighted by Gasteiger charge is 2.16. The van der Waals surface area contributed by atoms with E-state index in [1.165, 1.54) is 6.07 Å². The number of benzene rings is 1. The Hall–Kier alpha value is -2.21. The first-order valence-corrected chi connectivity index (χ1v) is 6.80. The Morgan fingerprint density at radius 1 is 1.38 bits per heavy atom. The summed E-state index contributed by atoms with van der Waals surface area (Å²) in [7, 11) is 0. The van der Waals surface area contributed by atoms with Crippen molar-refractivity contribution in [2.75, 3.05) is 0 Å². The van der Waals surface area contributed by atoms with Crippen molar-refractivity contribution in [3.05, 3.63) is 45.6 Å². The fraction of sp³-hybridized carbons (Fsp3) is 0.400. The molecule has 6 heteroatoms. The molecule has 21 heavy (non-hydrogen) atoms. The fourth-order valence-electron chi connectivity index (χ4n) is 2.03. The summed E-state index contributed by atoms with van der Waals surface area (Å²) in [6.45, 7) is 8.85. The number of hydrogen-bond donors (Lipinski definition) is 2. The fourth-order valence-corrected chi connectivity index (χ4v) is 2.03. The maximum atomic E-state index is 10.9. The summed E-state index contributed by atoms with van der Waals surface area (Å²) in [5.41, 5.74) is 3.68. The van der Waals surface area contributed by atoms with E-state index in [0.29, 0.717) is 6.54 Å². The highest BCUT2D eigenvalue weighted by atomic mass is 16.6. The third-order valence-corrected chi connectivity index (χ3v) is 3.23. The normalized spacial score (nSPS) is 11.6. The number of aromatic nitrogens is 2. The van der Waals surface area contributed by atoms with Gasteiger partial charge in [-0.3, -0.25) is 15.2 Å². The smallest absolute Gasteiger partial charge is 0.270 e. The molecule has 0 radical (unpaired) electrons. The van der Waals surface area contributed by atoms with E-state index >= 15 is 0 Å². The lowest BCUT2D eigenvalue weighted by Crippen LogP contribution is -2.35. The molecule has 1 heterocycles. The second-order valence-corrected chi connectivity index (χ2v) is 6.13. The van der Waals surface area contributed by atoms with Crippen molar-refractivity contribution < 1.29 is 4.92 Å². The largest absolute Gasteiger partial charge is 0.308 e. The molecule has 0 unspecified atom stereocenters. The molecular weight excluding hydrogens is 268 g/mol. The van der Waals surface area contributed by atoms with Gasteiger partial charge in [-0.05, 0) is 33.3 Å². The van der Waals surface area contributed by atoms with Crippen molar-refractivity contribution in [2.24, 2.45) is 0 Å². The van der Waals surface area contributed by atoms with E-state index < -0.39 is 0 Å². The molecule has 0 saturated heterocycles. The van der Waals surface area contributed by atoms with Gasteiger partial charge in [-0.1, -0.05) is 6.07 Å². The van der Waals surface area contributed by atoms with Crippen molar-refractivity contribution in [1.29, 1.82) is 0 Å². The van der Waals surface area contributed by atoms with Gasteiger partial charge in [0.1, 0.15) is 0 Å². The van der Waals surface area contributed by atoms with E-state index in [2.05, 4.69) is 36.3 Å². The van der Waals surface area contributed by atoms with E-state index in [4.69, 9.17) is 0 Å². The molecule has 0 amide bonds. The highest BCUT2D eigenvalue weighted by Crippen LogP contribution is 2.28. The van der Waals surface area contributed by atoms with Crippen LogP contribution in [0.5, 0.6) is 0 Å². The molecule has 0 bridgehead atoms. The van der Waals surface area contributed by atoms with Gasteiger partial charge in [0, 0.05) is 35.3 Å². The number of aromatic amines is 1. The first kappa shape index (κ1) is 15.2. The van der Waals surface area contributed by atoms with E-state index in [1.54, 1.807) is 18.3 Å². The van der Waals surface area contributed by atoms with Crippen molar-refractivity contribution >= 4 is 5.69 Å². The van der Waals surface area contributed by atoms with Crippen molar-refractivity contribution in [2.45, 2.75) is 39.8 Å². The molecule has 0 aliphatic rings. The molecule has 6 nitrogen and oxygen atoms in total. The maximum Gasteiger partial charge on any atom is 0.270 e. The van der Waals surface area contributed by atoms with Crippen molar-refractivity contribution in [3.63, 3.8) is 0 Å². The van der Waals surface area contributed by atoms with Crippen LogP contribution >= 0.6 is 0 Å². The number of non-ortho nitro benzene ring substituents is 1. The molecular formula is C15H20N4O2. The summed E-state index contributed by atoms with van der Waals surface area (Å²) in [5, 5.41) is 21.4. The Morgan fingerprint density at radius 3 is 2.71 bits per heavy atom. The number of nitro groups is 1. The topological polar surface area (TPSA) is 83.8 Å². The predicted octanol–water partition coefficient (Wildman–Crippen LogP) is 3.18. The summed E-state index contributed by atoms with van der Waals surface area (Å²) in [5.74, 6) is 0. The molecule has 0 fully saturated rings. The summed E-state index contributed by atoms with van der Waals surface area (Å²) >= 11 is 0. The van der Waals surface area contributed by atoms with Gasteiger partial charge in [-0.25, -0.2) is 0 Å².